The molecule has 0 saturated heterocycles. The zero-order valence-corrected chi connectivity index (χ0v) is 8.06. The zero-order chi connectivity index (χ0) is 11.1. The normalized spacial score (nSPS) is 8.43. The van der Waals surface area contributed by atoms with Crippen molar-refractivity contribution in [1.82, 2.24) is 0 Å². The first-order valence-corrected chi connectivity index (χ1v) is 3.86. The molecule has 5 nitrogen and oxygen atoms in total. The molecule has 0 bridgehead atoms. The number of hydrogen-bond donors (Lipinski definition) is 1. The van der Waals surface area contributed by atoms with Gasteiger partial charge in [-0.25, -0.2) is 4.57 Å². The maximum Gasteiger partial charge on any atom is 0.254 e. The number of aromatic nitrogens is 1. The van der Waals surface area contributed by atoms with E-state index in [0.717, 1.165) is 6.92 Å². The van der Waals surface area contributed by atoms with Gasteiger partial charge in [-0.2, -0.15) is 0 Å². The molecule has 0 spiro atoms. The Morgan fingerprint density at radius 1 is 1.50 bits per heavy atom. The van der Waals surface area contributed by atoms with Gasteiger partial charge in [0, 0.05) is 12.0 Å². The number of carboxylic acid groups (broad SMARTS) is 1. The van der Waals surface area contributed by atoms with Crippen LogP contribution in [0, 0.1) is 0 Å². The van der Waals surface area contributed by atoms with Gasteiger partial charge in [0.1, 0.15) is 12.6 Å². The maximum atomic E-state index is 10.6. The van der Waals surface area contributed by atoms with Crippen LogP contribution in [0.3, 0.4) is 0 Å². The van der Waals surface area contributed by atoms with E-state index in [2.05, 4.69) is 0 Å². The summed E-state index contributed by atoms with van der Waals surface area (Å²) >= 11 is 0. The highest BCUT2D eigenvalue weighted by molar-refractivity contribution is 5.92. The number of carbonyl (C=O) groups excluding carboxylic acids is 2. The van der Waals surface area contributed by atoms with E-state index in [4.69, 9.17) is 15.6 Å². The van der Waals surface area contributed by atoms with Gasteiger partial charge in [-0.05, 0) is 13.0 Å². The van der Waals surface area contributed by atoms with Crippen LogP contribution in [-0.2, 0) is 11.8 Å². The van der Waals surface area contributed by atoms with Crippen LogP contribution in [0.15, 0.2) is 24.5 Å². The van der Waals surface area contributed by atoms with Gasteiger partial charge in [0.25, 0.3) is 5.91 Å². The number of primary amides is 1. The third kappa shape index (κ3) is 5.70. The fraction of sp³-hybridized carbons (Fsp3) is 0.222. The number of aliphatic carboxylic acids is 1. The summed E-state index contributed by atoms with van der Waals surface area (Å²) < 4.78 is 1.78. The lowest BCUT2D eigenvalue weighted by Crippen LogP contribution is -2.28. The second-order valence-corrected chi connectivity index (χ2v) is 2.61. The quantitative estimate of drug-likeness (QED) is 0.547. The molecule has 0 fully saturated rings. The second-order valence-electron chi connectivity index (χ2n) is 2.61. The molecule has 0 aliphatic carbocycles. The molecule has 0 radical (unpaired) electrons. The predicted octanol–water partition coefficient (Wildman–Crippen LogP) is -1.63. The van der Waals surface area contributed by atoms with Crippen LogP contribution in [0.1, 0.15) is 17.3 Å². The van der Waals surface area contributed by atoms with Crippen molar-refractivity contribution in [3.05, 3.63) is 30.1 Å². The molecule has 0 aliphatic rings. The number of amides is 1. The highest BCUT2D eigenvalue weighted by Gasteiger charge is 2.02. The zero-order valence-electron chi connectivity index (χ0n) is 8.06. The van der Waals surface area contributed by atoms with E-state index in [0.29, 0.717) is 5.56 Å². The van der Waals surface area contributed by atoms with Crippen molar-refractivity contribution in [3.8, 4) is 0 Å². The highest BCUT2D eigenvalue weighted by atomic mass is 16.4. The lowest BCUT2D eigenvalue weighted by Gasteiger charge is -1.89. The van der Waals surface area contributed by atoms with Crippen molar-refractivity contribution in [3.63, 3.8) is 0 Å². The van der Waals surface area contributed by atoms with Crippen LogP contribution in [-0.4, -0.2) is 11.9 Å². The fourth-order valence-electron chi connectivity index (χ4n) is 0.734. The summed E-state index contributed by atoms with van der Waals surface area (Å²) in [6.07, 6.45) is 3.52. The van der Waals surface area contributed by atoms with Gasteiger partial charge >= 0.3 is 0 Å². The Morgan fingerprint density at radius 3 is 2.29 bits per heavy atom. The average molecular weight is 196 g/mol. The summed E-state index contributed by atoms with van der Waals surface area (Å²) in [5.41, 5.74) is 5.56. The SMILES string of the molecule is CC(=O)[O-].C[n+]1cccc(C(N)=O)c1. The summed E-state index contributed by atoms with van der Waals surface area (Å²) in [6, 6.07) is 3.46. The Kier molecular flexibility index (Phi) is 4.91. The maximum absolute atomic E-state index is 10.6. The number of aryl methyl sites for hydroxylation is 1. The van der Waals surface area contributed by atoms with Crippen LogP contribution in [0.4, 0.5) is 0 Å². The van der Waals surface area contributed by atoms with E-state index >= 15 is 0 Å². The Bertz CT molecular complexity index is 333. The highest BCUT2D eigenvalue weighted by Crippen LogP contribution is 1.89. The Hall–Kier alpha value is -1.91. The lowest BCUT2D eigenvalue weighted by atomic mass is 10.3. The molecule has 1 rings (SSSR count). The van der Waals surface area contributed by atoms with E-state index in [9.17, 15) is 4.79 Å². The van der Waals surface area contributed by atoms with Gasteiger partial charge < -0.3 is 15.6 Å². The van der Waals surface area contributed by atoms with E-state index in [1.54, 1.807) is 22.9 Å². The first-order valence-electron chi connectivity index (χ1n) is 3.86. The number of nitrogens with zero attached hydrogens (tertiary/aromatic N) is 1. The molecular weight excluding hydrogens is 184 g/mol. The summed E-state index contributed by atoms with van der Waals surface area (Å²) in [4.78, 5) is 19.5. The van der Waals surface area contributed by atoms with E-state index in [-0.39, 0.29) is 0 Å². The molecule has 76 valence electrons. The van der Waals surface area contributed by atoms with Crippen LogP contribution in [0.25, 0.3) is 0 Å². The van der Waals surface area contributed by atoms with Crippen LogP contribution in [0.5, 0.6) is 0 Å². The van der Waals surface area contributed by atoms with E-state index in [1.165, 1.54) is 0 Å². The fourth-order valence-corrected chi connectivity index (χ4v) is 0.734. The topological polar surface area (TPSA) is 87.1 Å². The Balaban J connectivity index is 0.000000364. The molecule has 0 aliphatic heterocycles. The molecule has 5 heteroatoms. The first kappa shape index (κ1) is 12.1. The van der Waals surface area contributed by atoms with Crippen LogP contribution >= 0.6 is 0 Å². The summed E-state index contributed by atoms with van der Waals surface area (Å²) in [6.45, 7) is 0.972. The number of carbonyl (C=O) groups is 2. The Morgan fingerprint density at radius 2 is 2.00 bits per heavy atom. The summed E-state index contributed by atoms with van der Waals surface area (Å²) in [5.74, 6) is -1.48. The molecular formula is C9H12N2O3. The third-order valence-corrected chi connectivity index (χ3v) is 1.22. The predicted molar refractivity (Wildman–Crippen MR) is 46.8 cm³/mol. The smallest absolute Gasteiger partial charge is 0.254 e. The summed E-state index contributed by atoms with van der Waals surface area (Å²) in [5, 5.41) is 8.89. The molecule has 0 unspecified atom stereocenters. The van der Waals surface area contributed by atoms with Crippen molar-refractivity contribution >= 4 is 11.9 Å². The molecule has 1 aromatic rings. The average Bonchev–Trinajstić information content (AvgIpc) is 2.03. The second kappa shape index (κ2) is 5.69. The van der Waals surface area contributed by atoms with Crippen molar-refractivity contribution in [1.29, 1.82) is 0 Å². The minimum absolute atomic E-state index is 0.392. The largest absolute Gasteiger partial charge is 0.550 e. The monoisotopic (exact) mass is 196 g/mol. The number of nitrogens with two attached hydrogens (primary N) is 1. The molecule has 0 aromatic carbocycles. The number of carboxylic acids is 1. The first-order chi connectivity index (χ1) is 6.43. The molecule has 1 aromatic heterocycles. The van der Waals surface area contributed by atoms with Crippen LogP contribution in [0.2, 0.25) is 0 Å². The van der Waals surface area contributed by atoms with Gasteiger partial charge in [-0.1, -0.05) is 0 Å². The minimum atomic E-state index is -1.08. The van der Waals surface area contributed by atoms with Crippen molar-refractivity contribution in [2.45, 2.75) is 6.92 Å². The molecule has 1 heterocycles. The number of rotatable bonds is 1. The van der Waals surface area contributed by atoms with Crippen molar-refractivity contribution < 1.29 is 19.3 Å². The van der Waals surface area contributed by atoms with Gasteiger partial charge in [-0.3, -0.25) is 4.79 Å². The molecule has 2 N–H and O–H groups in total. The summed E-state index contributed by atoms with van der Waals surface area (Å²) in [7, 11) is 1.84. The van der Waals surface area contributed by atoms with Crippen molar-refractivity contribution in [2.75, 3.05) is 0 Å². The van der Waals surface area contributed by atoms with Gasteiger partial charge in [0.2, 0.25) is 0 Å². The third-order valence-electron chi connectivity index (χ3n) is 1.22. The van der Waals surface area contributed by atoms with Gasteiger partial charge in [0.05, 0.1) is 0 Å². The van der Waals surface area contributed by atoms with E-state index in [1.807, 2.05) is 13.2 Å². The molecule has 0 atom stereocenters. The molecule has 1 amide bonds. The van der Waals surface area contributed by atoms with Crippen LogP contribution < -0.4 is 15.4 Å². The molecule has 14 heavy (non-hydrogen) atoms. The minimum Gasteiger partial charge on any atom is -0.550 e. The van der Waals surface area contributed by atoms with E-state index < -0.39 is 11.9 Å². The molecule has 0 saturated carbocycles. The van der Waals surface area contributed by atoms with Crippen molar-refractivity contribution in [2.24, 2.45) is 12.8 Å². The Labute approximate surface area is 81.8 Å². The van der Waals surface area contributed by atoms with Gasteiger partial charge in [0.15, 0.2) is 12.4 Å². The number of pyridine rings is 1. The standard InChI is InChI=1S/C7H8N2O.C2H4O2/c1-9-4-2-3-6(5-9)7(8)10;1-2(3)4/h2-5H,1H3,(H-,8,10);1H3,(H,3,4). The van der Waals surface area contributed by atoms with Gasteiger partial charge in [-0.15, -0.1) is 0 Å². The number of hydrogen-bond acceptors (Lipinski definition) is 3. The lowest BCUT2D eigenvalue weighted by molar-refractivity contribution is -0.671.